The Hall–Kier alpha value is -5.10. The van der Waals surface area contributed by atoms with Crippen LogP contribution in [0.5, 0.6) is 0 Å². The van der Waals surface area contributed by atoms with E-state index >= 15 is 0 Å². The third-order valence-corrected chi connectivity index (χ3v) is 12.0. The highest BCUT2D eigenvalue weighted by Gasteiger charge is 2.40. The molecule has 47 heavy (non-hydrogen) atoms. The Morgan fingerprint density at radius 2 is 1.38 bits per heavy atom. The number of benzene rings is 6. The Balaban J connectivity index is 1.16. The molecule has 1 aromatic heterocycles. The van der Waals surface area contributed by atoms with Crippen LogP contribution in [0.1, 0.15) is 16.7 Å². The Labute approximate surface area is 282 Å². The third kappa shape index (κ3) is 4.38. The van der Waals surface area contributed by atoms with E-state index in [2.05, 4.69) is 144 Å². The number of anilines is 2. The number of rotatable bonds is 3. The van der Waals surface area contributed by atoms with Gasteiger partial charge in [-0.1, -0.05) is 127 Å². The molecular formula is C42H27N3S2. The van der Waals surface area contributed by atoms with Crippen LogP contribution >= 0.6 is 23.5 Å². The van der Waals surface area contributed by atoms with Crippen molar-refractivity contribution in [2.24, 2.45) is 0 Å². The van der Waals surface area contributed by atoms with Gasteiger partial charge in [0.25, 0.3) is 0 Å². The highest BCUT2D eigenvalue weighted by Crippen LogP contribution is 2.59. The zero-order valence-corrected chi connectivity index (χ0v) is 26.9. The van der Waals surface area contributed by atoms with Crippen molar-refractivity contribution in [2.75, 3.05) is 4.90 Å². The zero-order valence-electron chi connectivity index (χ0n) is 25.3. The minimum absolute atomic E-state index is 0.196. The first-order valence-electron chi connectivity index (χ1n) is 15.9. The molecule has 0 radical (unpaired) electrons. The van der Waals surface area contributed by atoms with Gasteiger partial charge in [0.1, 0.15) is 0 Å². The lowest BCUT2D eigenvalue weighted by molar-refractivity contribution is 0.801. The highest BCUT2D eigenvalue weighted by atomic mass is 32.2. The van der Waals surface area contributed by atoms with Gasteiger partial charge in [0.05, 0.1) is 27.8 Å². The van der Waals surface area contributed by atoms with Crippen LogP contribution in [-0.4, -0.2) is 16.0 Å². The standard InChI is InChI=1S/C42H27N3S2/c1-2-11-26(12-3-1)39-32-17-6-7-18-34(32)43-42(44-39)29-15-10-16-30(23-29)45-35-25-28-14-5-4-13-27(28)24-33(35)31-21-22-38-41(40(31)45)47-37-20-9-8-19-36(37)46-38/h1-24,35H,25H2. The molecule has 0 amide bonds. The lowest BCUT2D eigenvalue weighted by Crippen LogP contribution is -2.31. The van der Waals surface area contributed by atoms with E-state index in [1.807, 2.05) is 29.6 Å². The van der Waals surface area contributed by atoms with Gasteiger partial charge in [-0.2, -0.15) is 0 Å². The second-order valence-electron chi connectivity index (χ2n) is 12.2. The van der Waals surface area contributed by atoms with Gasteiger partial charge >= 0.3 is 0 Å². The van der Waals surface area contributed by atoms with Crippen LogP contribution in [0, 0.1) is 0 Å². The van der Waals surface area contributed by atoms with Crippen LogP contribution in [0.3, 0.4) is 0 Å². The van der Waals surface area contributed by atoms with Crippen molar-refractivity contribution in [2.45, 2.75) is 32.0 Å². The van der Waals surface area contributed by atoms with Gasteiger partial charge in [-0.15, -0.1) is 0 Å². The van der Waals surface area contributed by atoms with Gasteiger partial charge < -0.3 is 4.90 Å². The second-order valence-corrected chi connectivity index (χ2v) is 14.3. The van der Waals surface area contributed by atoms with Crippen molar-refractivity contribution in [1.82, 2.24) is 9.97 Å². The molecule has 7 aromatic rings. The lowest BCUT2D eigenvalue weighted by atomic mass is 9.87. The smallest absolute Gasteiger partial charge is 0.160 e. The van der Waals surface area contributed by atoms with Gasteiger partial charge in [0.15, 0.2) is 5.82 Å². The van der Waals surface area contributed by atoms with Crippen molar-refractivity contribution >= 4 is 57.5 Å². The molecule has 1 aliphatic carbocycles. The fourth-order valence-corrected chi connectivity index (χ4v) is 9.65. The van der Waals surface area contributed by atoms with Crippen molar-refractivity contribution in [3.8, 4) is 22.6 Å². The molecule has 0 saturated heterocycles. The van der Waals surface area contributed by atoms with Crippen molar-refractivity contribution in [3.63, 3.8) is 0 Å². The summed E-state index contributed by atoms with van der Waals surface area (Å²) in [7, 11) is 0. The maximum absolute atomic E-state index is 5.21. The van der Waals surface area contributed by atoms with Crippen LogP contribution in [-0.2, 0) is 6.42 Å². The summed E-state index contributed by atoms with van der Waals surface area (Å²) in [5.74, 6) is 0.738. The first kappa shape index (κ1) is 27.1. The van der Waals surface area contributed by atoms with E-state index in [9.17, 15) is 0 Å². The summed E-state index contributed by atoms with van der Waals surface area (Å²) in [6, 6.07) is 50.1. The summed E-state index contributed by atoms with van der Waals surface area (Å²) >= 11 is 3.78. The zero-order chi connectivity index (χ0) is 30.9. The van der Waals surface area contributed by atoms with Crippen molar-refractivity contribution in [1.29, 1.82) is 0 Å². The molecule has 6 aromatic carbocycles. The maximum atomic E-state index is 5.21. The summed E-state index contributed by atoms with van der Waals surface area (Å²) in [4.78, 5) is 18.2. The quantitative estimate of drug-likeness (QED) is 0.192. The molecule has 3 aliphatic rings. The Morgan fingerprint density at radius 3 is 2.30 bits per heavy atom. The van der Waals surface area contributed by atoms with Crippen LogP contribution in [0.2, 0.25) is 0 Å². The van der Waals surface area contributed by atoms with E-state index in [0.29, 0.717) is 0 Å². The molecule has 0 spiro atoms. The van der Waals surface area contributed by atoms with Crippen LogP contribution in [0.15, 0.2) is 159 Å². The summed E-state index contributed by atoms with van der Waals surface area (Å²) in [6.45, 7) is 0. The fraction of sp³-hybridized carbons (Fsp3) is 0.0476. The Bertz CT molecular complexity index is 2420. The van der Waals surface area contributed by atoms with Gasteiger partial charge in [0, 0.05) is 42.5 Å². The molecule has 5 heteroatoms. The van der Waals surface area contributed by atoms with E-state index in [1.54, 1.807) is 0 Å². The summed E-state index contributed by atoms with van der Waals surface area (Å²) in [6.07, 6.45) is 3.38. The first-order chi connectivity index (χ1) is 23.3. The number of para-hydroxylation sites is 1. The predicted molar refractivity (Wildman–Crippen MR) is 195 cm³/mol. The number of hydrogen-bond acceptors (Lipinski definition) is 5. The second kappa shape index (κ2) is 10.7. The largest absolute Gasteiger partial charge is 0.332 e. The molecule has 1 unspecified atom stereocenters. The minimum Gasteiger partial charge on any atom is -0.332 e. The van der Waals surface area contributed by atoms with E-state index < -0.39 is 0 Å². The molecule has 0 bridgehead atoms. The molecule has 3 nitrogen and oxygen atoms in total. The number of fused-ring (bicyclic) bond motifs is 8. The van der Waals surface area contributed by atoms with Gasteiger partial charge in [-0.25, -0.2) is 9.97 Å². The third-order valence-electron chi connectivity index (χ3n) is 9.41. The van der Waals surface area contributed by atoms with Gasteiger partial charge in [-0.05, 0) is 65.6 Å². The SMILES string of the molecule is C1=C2c3ccc4c(c3N(c3cccc(-c5nc(-c6ccccc6)c6ccccc6n5)c3)C2Cc2ccccc21)Sc1ccccc1S4. The molecular weight excluding hydrogens is 611 g/mol. The first-order valence-corrected chi connectivity index (χ1v) is 17.6. The normalized spacial score (nSPS) is 15.7. The van der Waals surface area contributed by atoms with Crippen LogP contribution in [0.25, 0.3) is 45.2 Å². The fourth-order valence-electron chi connectivity index (χ4n) is 7.26. The van der Waals surface area contributed by atoms with E-state index in [0.717, 1.165) is 45.7 Å². The molecule has 2 aliphatic heterocycles. The predicted octanol–water partition coefficient (Wildman–Crippen LogP) is 11.2. The minimum atomic E-state index is 0.196. The summed E-state index contributed by atoms with van der Waals surface area (Å²) < 4.78 is 0. The average Bonchev–Trinajstić information content (AvgIpc) is 3.46. The lowest BCUT2D eigenvalue weighted by Gasteiger charge is -2.32. The van der Waals surface area contributed by atoms with Crippen LogP contribution < -0.4 is 4.90 Å². The summed E-state index contributed by atoms with van der Waals surface area (Å²) in [5.41, 5.74) is 11.9. The summed E-state index contributed by atoms with van der Waals surface area (Å²) in [5, 5.41) is 1.06. The van der Waals surface area contributed by atoms with Crippen molar-refractivity contribution in [3.05, 3.63) is 156 Å². The number of hydrogen-bond donors (Lipinski definition) is 0. The molecule has 0 fully saturated rings. The molecule has 0 N–H and O–H groups in total. The maximum Gasteiger partial charge on any atom is 0.160 e. The molecule has 10 rings (SSSR count). The Morgan fingerprint density at radius 1 is 0.617 bits per heavy atom. The van der Waals surface area contributed by atoms with Crippen molar-refractivity contribution < 1.29 is 0 Å². The van der Waals surface area contributed by atoms with E-state index in [1.165, 1.54) is 47.5 Å². The molecule has 1 atom stereocenters. The molecule has 0 saturated carbocycles. The number of nitrogens with zero attached hydrogens (tertiary/aromatic N) is 3. The molecule has 222 valence electrons. The monoisotopic (exact) mass is 637 g/mol. The van der Waals surface area contributed by atoms with Gasteiger partial charge in [0.2, 0.25) is 0 Å². The van der Waals surface area contributed by atoms with E-state index in [4.69, 9.17) is 9.97 Å². The van der Waals surface area contributed by atoms with E-state index in [-0.39, 0.29) is 6.04 Å². The topological polar surface area (TPSA) is 29.0 Å². The number of aromatic nitrogens is 2. The Kier molecular flexibility index (Phi) is 6.18. The van der Waals surface area contributed by atoms with Crippen LogP contribution in [0.4, 0.5) is 11.4 Å². The average molecular weight is 638 g/mol. The van der Waals surface area contributed by atoms with Gasteiger partial charge in [-0.3, -0.25) is 0 Å². The highest BCUT2D eigenvalue weighted by molar-refractivity contribution is 8.05. The molecule has 3 heterocycles.